The summed E-state index contributed by atoms with van der Waals surface area (Å²) in [5.74, 6) is -0.631. The van der Waals surface area contributed by atoms with Crippen LogP contribution in [0.5, 0.6) is 0 Å². The number of esters is 1. The van der Waals surface area contributed by atoms with Crippen LogP contribution in [0, 0.1) is 0 Å². The third kappa shape index (κ3) is 2.40. The second kappa shape index (κ2) is 5.08. The molecule has 0 saturated heterocycles. The highest BCUT2D eigenvalue weighted by Crippen LogP contribution is 2.47. The van der Waals surface area contributed by atoms with Gasteiger partial charge in [0.15, 0.2) is 6.10 Å². The maximum atomic E-state index is 11.4. The van der Waals surface area contributed by atoms with Crippen molar-refractivity contribution in [2.24, 2.45) is 0 Å². The highest BCUT2D eigenvalue weighted by molar-refractivity contribution is 5.76. The number of hydrogen-bond acceptors (Lipinski definition) is 4. The molecule has 0 bridgehead atoms. The molecule has 4 nitrogen and oxygen atoms in total. The average molecular weight is 250 g/mol. The van der Waals surface area contributed by atoms with Gasteiger partial charge in [0.05, 0.1) is 13.2 Å². The van der Waals surface area contributed by atoms with Crippen LogP contribution in [0.2, 0.25) is 0 Å². The van der Waals surface area contributed by atoms with Crippen LogP contribution in [0.1, 0.15) is 37.0 Å². The fourth-order valence-electron chi connectivity index (χ4n) is 2.07. The van der Waals surface area contributed by atoms with Crippen LogP contribution in [0.25, 0.3) is 0 Å². The summed E-state index contributed by atoms with van der Waals surface area (Å²) in [4.78, 5) is 11.4. The quantitative estimate of drug-likeness (QED) is 0.773. The minimum atomic E-state index is -1.23. The van der Waals surface area contributed by atoms with E-state index in [0.717, 1.165) is 18.4 Å². The van der Waals surface area contributed by atoms with Gasteiger partial charge in [-0.1, -0.05) is 24.3 Å². The molecular weight excluding hydrogens is 232 g/mol. The van der Waals surface area contributed by atoms with Gasteiger partial charge in [0.2, 0.25) is 0 Å². The number of ether oxygens (including phenoxy) is 1. The predicted molar refractivity (Wildman–Crippen MR) is 66.0 cm³/mol. The van der Waals surface area contributed by atoms with Crippen molar-refractivity contribution in [3.63, 3.8) is 0 Å². The van der Waals surface area contributed by atoms with E-state index in [0.29, 0.717) is 5.56 Å². The Labute approximate surface area is 106 Å². The van der Waals surface area contributed by atoms with E-state index < -0.39 is 12.1 Å². The number of benzene rings is 1. The van der Waals surface area contributed by atoms with Crippen molar-refractivity contribution >= 4 is 5.97 Å². The van der Waals surface area contributed by atoms with Crippen LogP contribution in [-0.4, -0.2) is 29.4 Å². The average Bonchev–Trinajstić information content (AvgIpc) is 3.19. The van der Waals surface area contributed by atoms with Gasteiger partial charge in [-0.2, -0.15) is 0 Å². The van der Waals surface area contributed by atoms with Gasteiger partial charge in [-0.05, 0) is 30.9 Å². The molecule has 4 heteroatoms. The molecule has 0 aliphatic heterocycles. The summed E-state index contributed by atoms with van der Waals surface area (Å²) >= 11 is 0. The van der Waals surface area contributed by atoms with Crippen molar-refractivity contribution in [1.82, 2.24) is 0 Å². The van der Waals surface area contributed by atoms with Crippen molar-refractivity contribution in [2.75, 3.05) is 13.2 Å². The van der Waals surface area contributed by atoms with Gasteiger partial charge in [-0.3, -0.25) is 0 Å². The lowest BCUT2D eigenvalue weighted by molar-refractivity contribution is -0.153. The third-order valence-electron chi connectivity index (χ3n) is 3.50. The normalized spacial score (nSPS) is 18.2. The van der Waals surface area contributed by atoms with E-state index in [1.165, 1.54) is 0 Å². The summed E-state index contributed by atoms with van der Waals surface area (Å²) in [5, 5.41) is 19.1. The van der Waals surface area contributed by atoms with Crippen molar-refractivity contribution in [3.8, 4) is 0 Å². The van der Waals surface area contributed by atoms with E-state index in [1.807, 2.05) is 12.1 Å². The number of hydrogen-bond donors (Lipinski definition) is 2. The number of aliphatic hydroxyl groups excluding tert-OH is 2. The number of carbonyl (C=O) groups is 1. The van der Waals surface area contributed by atoms with Crippen LogP contribution in [0.4, 0.5) is 0 Å². The monoisotopic (exact) mass is 250 g/mol. The standard InChI is InChI=1S/C14H18O4/c1-2-18-13(17)12(16)10-3-5-11(6-4-10)14(9-15)7-8-14/h3-6,12,15-16H,2,7-9H2,1H3. The first-order valence-corrected chi connectivity index (χ1v) is 6.19. The zero-order valence-corrected chi connectivity index (χ0v) is 10.4. The van der Waals surface area contributed by atoms with Crippen molar-refractivity contribution in [3.05, 3.63) is 35.4 Å². The van der Waals surface area contributed by atoms with Gasteiger partial charge in [0.1, 0.15) is 0 Å². The summed E-state index contributed by atoms with van der Waals surface area (Å²) in [6, 6.07) is 7.15. The Hall–Kier alpha value is -1.39. The molecule has 1 unspecified atom stereocenters. The Morgan fingerprint density at radius 1 is 1.39 bits per heavy atom. The maximum absolute atomic E-state index is 11.4. The van der Waals surface area contributed by atoms with E-state index >= 15 is 0 Å². The lowest BCUT2D eigenvalue weighted by atomic mass is 9.95. The van der Waals surface area contributed by atoms with Crippen LogP contribution in [0.15, 0.2) is 24.3 Å². The largest absolute Gasteiger partial charge is 0.464 e. The Bertz CT molecular complexity index is 420. The molecule has 1 atom stereocenters. The van der Waals surface area contributed by atoms with Gasteiger partial charge < -0.3 is 14.9 Å². The van der Waals surface area contributed by atoms with E-state index in [4.69, 9.17) is 4.74 Å². The SMILES string of the molecule is CCOC(=O)C(O)c1ccc(C2(CO)CC2)cc1. The molecular formula is C14H18O4. The van der Waals surface area contributed by atoms with E-state index in [2.05, 4.69) is 0 Å². The Morgan fingerprint density at radius 3 is 2.44 bits per heavy atom. The highest BCUT2D eigenvalue weighted by atomic mass is 16.5. The maximum Gasteiger partial charge on any atom is 0.339 e. The molecule has 1 aliphatic rings. The van der Waals surface area contributed by atoms with Crippen LogP contribution >= 0.6 is 0 Å². The second-order valence-electron chi connectivity index (χ2n) is 4.72. The fraction of sp³-hybridized carbons (Fsp3) is 0.500. The summed E-state index contributed by atoms with van der Waals surface area (Å²) in [7, 11) is 0. The van der Waals surface area contributed by atoms with Gasteiger partial charge in [0.25, 0.3) is 0 Å². The lowest BCUT2D eigenvalue weighted by Gasteiger charge is -2.14. The van der Waals surface area contributed by atoms with E-state index in [9.17, 15) is 15.0 Å². The molecule has 0 spiro atoms. The van der Waals surface area contributed by atoms with Crippen molar-refractivity contribution in [2.45, 2.75) is 31.3 Å². The Kier molecular flexibility index (Phi) is 3.68. The molecule has 0 heterocycles. The molecule has 0 radical (unpaired) electrons. The molecule has 2 rings (SSSR count). The first-order chi connectivity index (χ1) is 8.63. The minimum absolute atomic E-state index is 0.0899. The van der Waals surface area contributed by atoms with Crippen molar-refractivity contribution in [1.29, 1.82) is 0 Å². The van der Waals surface area contributed by atoms with Gasteiger partial charge in [0, 0.05) is 5.41 Å². The molecule has 0 aromatic heterocycles. The topological polar surface area (TPSA) is 66.8 Å². The number of rotatable bonds is 5. The van der Waals surface area contributed by atoms with Crippen molar-refractivity contribution < 1.29 is 19.7 Å². The molecule has 2 N–H and O–H groups in total. The molecule has 1 fully saturated rings. The number of aliphatic hydroxyl groups is 2. The summed E-state index contributed by atoms with van der Waals surface area (Å²) in [6.45, 7) is 2.10. The highest BCUT2D eigenvalue weighted by Gasteiger charge is 2.43. The van der Waals surface area contributed by atoms with Gasteiger partial charge in [-0.25, -0.2) is 4.79 Å². The molecule has 18 heavy (non-hydrogen) atoms. The summed E-state index contributed by atoms with van der Waals surface area (Å²) < 4.78 is 4.76. The van der Waals surface area contributed by atoms with Gasteiger partial charge >= 0.3 is 5.97 Å². The predicted octanol–water partition coefficient (Wildman–Crippen LogP) is 1.31. The minimum Gasteiger partial charge on any atom is -0.464 e. The molecule has 1 saturated carbocycles. The molecule has 1 aliphatic carbocycles. The van der Waals surface area contributed by atoms with Crippen LogP contribution in [-0.2, 0) is 14.9 Å². The fourth-order valence-corrected chi connectivity index (χ4v) is 2.07. The first-order valence-electron chi connectivity index (χ1n) is 6.19. The summed E-state index contributed by atoms with van der Waals surface area (Å²) in [6.07, 6.45) is 0.746. The van der Waals surface area contributed by atoms with Crippen LogP contribution < -0.4 is 0 Å². The van der Waals surface area contributed by atoms with Crippen LogP contribution in [0.3, 0.4) is 0 Å². The molecule has 1 aromatic carbocycles. The third-order valence-corrected chi connectivity index (χ3v) is 3.50. The van der Waals surface area contributed by atoms with E-state index in [1.54, 1.807) is 19.1 Å². The summed E-state index contributed by atoms with van der Waals surface area (Å²) in [5.41, 5.74) is 1.49. The lowest BCUT2D eigenvalue weighted by Crippen LogP contribution is -2.16. The zero-order valence-electron chi connectivity index (χ0n) is 10.4. The molecule has 1 aromatic rings. The number of carbonyl (C=O) groups excluding carboxylic acids is 1. The first kappa shape index (κ1) is 13.1. The van der Waals surface area contributed by atoms with E-state index in [-0.39, 0.29) is 18.6 Å². The Balaban J connectivity index is 2.10. The smallest absolute Gasteiger partial charge is 0.339 e. The zero-order chi connectivity index (χ0) is 13.2. The Morgan fingerprint density at radius 2 is 2.00 bits per heavy atom. The second-order valence-corrected chi connectivity index (χ2v) is 4.72. The molecule has 0 amide bonds. The molecule has 98 valence electrons. The van der Waals surface area contributed by atoms with Gasteiger partial charge in [-0.15, -0.1) is 0 Å².